The summed E-state index contributed by atoms with van der Waals surface area (Å²) < 4.78 is 0. The lowest BCUT2D eigenvalue weighted by molar-refractivity contribution is -0.160. The quantitative estimate of drug-likeness (QED) is 0.620. The highest BCUT2D eigenvalue weighted by Gasteiger charge is 2.56. The van der Waals surface area contributed by atoms with Gasteiger partial charge in [0.15, 0.2) is 0 Å². The van der Waals surface area contributed by atoms with Crippen molar-refractivity contribution in [2.45, 2.75) is 57.4 Å². The molecule has 5 fully saturated rings. The van der Waals surface area contributed by atoms with E-state index in [1.807, 2.05) is 4.90 Å². The molecule has 1 aliphatic heterocycles. The zero-order valence-electron chi connectivity index (χ0n) is 17.7. The van der Waals surface area contributed by atoms with Gasteiger partial charge in [0.1, 0.15) is 11.9 Å². The number of hydrogen-bond acceptors (Lipinski definition) is 4. The lowest BCUT2D eigenvalue weighted by atomic mass is 9.49. The number of anilines is 1. The number of nitrogens with zero attached hydrogens (tertiary/aromatic N) is 2. The molecule has 4 aliphatic carbocycles. The highest BCUT2D eigenvalue weighted by atomic mass is 35.5. The SMILES string of the molecule is O=C(NCCNc1ncc(Cl)cc1Cl)C1CCCN1C(=O)C12CC3CC(CC(C3)C1)C2. The fourth-order valence-corrected chi connectivity index (χ4v) is 7.44. The van der Waals surface area contributed by atoms with Crippen molar-refractivity contribution in [2.24, 2.45) is 23.2 Å². The minimum Gasteiger partial charge on any atom is -0.367 e. The maximum atomic E-state index is 13.7. The molecule has 2 heterocycles. The van der Waals surface area contributed by atoms with Crippen LogP contribution in [0, 0.1) is 23.2 Å². The molecule has 168 valence electrons. The third kappa shape index (κ3) is 4.13. The molecular weight excluding hydrogens is 435 g/mol. The first-order valence-corrected chi connectivity index (χ1v) is 12.3. The average Bonchev–Trinajstić information content (AvgIpc) is 3.20. The van der Waals surface area contributed by atoms with Crippen molar-refractivity contribution < 1.29 is 9.59 Å². The molecule has 1 aromatic heterocycles. The van der Waals surface area contributed by atoms with Crippen LogP contribution in [0.1, 0.15) is 51.4 Å². The predicted octanol–water partition coefficient (Wildman–Crippen LogP) is 4.12. The van der Waals surface area contributed by atoms with Crippen LogP contribution in [-0.4, -0.2) is 47.4 Å². The predicted molar refractivity (Wildman–Crippen MR) is 121 cm³/mol. The zero-order valence-corrected chi connectivity index (χ0v) is 19.2. The minimum atomic E-state index is -0.335. The summed E-state index contributed by atoms with van der Waals surface area (Å²) in [6.45, 7) is 1.65. The number of halogens is 2. The van der Waals surface area contributed by atoms with Crippen LogP contribution in [-0.2, 0) is 9.59 Å². The van der Waals surface area contributed by atoms with Gasteiger partial charge in [0.05, 0.1) is 15.5 Å². The summed E-state index contributed by atoms with van der Waals surface area (Å²) in [6.07, 6.45) is 10.3. The molecule has 31 heavy (non-hydrogen) atoms. The summed E-state index contributed by atoms with van der Waals surface area (Å²) >= 11 is 12.0. The lowest BCUT2D eigenvalue weighted by Crippen LogP contribution is -2.57. The Morgan fingerprint density at radius 1 is 1.10 bits per heavy atom. The molecular formula is C23H30Cl2N4O2. The van der Waals surface area contributed by atoms with E-state index in [1.165, 1.54) is 25.5 Å². The number of carbonyl (C=O) groups is 2. The standard InChI is InChI=1S/C23H30Cl2N4O2/c24-17-9-18(25)20(28-13-17)26-3-4-27-21(30)19-2-1-5-29(19)22(31)23-10-14-6-15(11-23)8-16(7-14)12-23/h9,13-16,19H,1-8,10-12H2,(H,26,28)(H,27,30). The molecule has 6 nitrogen and oxygen atoms in total. The molecule has 1 saturated heterocycles. The summed E-state index contributed by atoms with van der Waals surface area (Å²) in [6, 6.07) is 1.29. The minimum absolute atomic E-state index is 0.0486. The number of likely N-dealkylation sites (tertiary alicyclic amines) is 1. The van der Waals surface area contributed by atoms with Gasteiger partial charge in [-0.25, -0.2) is 4.98 Å². The molecule has 0 radical (unpaired) electrons. The number of rotatable bonds is 6. The number of carbonyl (C=O) groups excluding carboxylic acids is 2. The molecule has 0 spiro atoms. The molecule has 6 rings (SSSR count). The first-order valence-electron chi connectivity index (χ1n) is 11.6. The molecule has 2 amide bonds. The summed E-state index contributed by atoms with van der Waals surface area (Å²) in [4.78, 5) is 32.7. The fraction of sp³-hybridized carbons (Fsp3) is 0.696. The third-order valence-corrected chi connectivity index (χ3v) is 8.33. The number of hydrogen-bond donors (Lipinski definition) is 2. The van der Waals surface area contributed by atoms with Crippen LogP contribution in [0.2, 0.25) is 10.0 Å². The van der Waals surface area contributed by atoms with Gasteiger partial charge in [0.2, 0.25) is 11.8 Å². The molecule has 1 atom stereocenters. The second kappa shape index (κ2) is 8.43. The van der Waals surface area contributed by atoms with E-state index in [2.05, 4.69) is 15.6 Å². The van der Waals surface area contributed by atoms with Crippen LogP contribution in [0.25, 0.3) is 0 Å². The second-order valence-electron chi connectivity index (χ2n) is 10.1. The van der Waals surface area contributed by atoms with Crippen LogP contribution < -0.4 is 10.6 Å². The second-order valence-corrected chi connectivity index (χ2v) is 10.9. The molecule has 1 unspecified atom stereocenters. The van der Waals surface area contributed by atoms with Gasteiger partial charge in [0, 0.05) is 25.8 Å². The van der Waals surface area contributed by atoms with Gasteiger partial charge < -0.3 is 15.5 Å². The van der Waals surface area contributed by atoms with E-state index in [1.54, 1.807) is 6.07 Å². The Kier molecular flexibility index (Phi) is 5.80. The van der Waals surface area contributed by atoms with E-state index in [0.717, 1.165) is 49.9 Å². The van der Waals surface area contributed by atoms with Crippen molar-refractivity contribution >= 4 is 40.8 Å². The number of pyridine rings is 1. The summed E-state index contributed by atoms with van der Waals surface area (Å²) in [5, 5.41) is 7.03. The molecule has 5 aliphatic rings. The average molecular weight is 465 g/mol. The van der Waals surface area contributed by atoms with Crippen LogP contribution in [0.5, 0.6) is 0 Å². The van der Waals surface area contributed by atoms with Gasteiger partial charge in [-0.2, -0.15) is 0 Å². The topological polar surface area (TPSA) is 74.3 Å². The normalized spacial score (nSPS) is 33.5. The fourth-order valence-electron chi connectivity index (χ4n) is 6.99. The molecule has 4 saturated carbocycles. The first-order chi connectivity index (χ1) is 14.9. The van der Waals surface area contributed by atoms with E-state index in [0.29, 0.717) is 35.5 Å². The summed E-state index contributed by atoms with van der Waals surface area (Å²) in [5.74, 6) is 2.94. The molecule has 0 aromatic carbocycles. The van der Waals surface area contributed by atoms with E-state index < -0.39 is 0 Å². The highest BCUT2D eigenvalue weighted by Crippen LogP contribution is 2.60. The van der Waals surface area contributed by atoms with Crippen LogP contribution in [0.4, 0.5) is 5.82 Å². The Morgan fingerprint density at radius 2 is 1.77 bits per heavy atom. The first kappa shape index (κ1) is 21.3. The zero-order chi connectivity index (χ0) is 21.6. The van der Waals surface area contributed by atoms with Crippen molar-refractivity contribution in [1.29, 1.82) is 0 Å². The lowest BCUT2D eigenvalue weighted by Gasteiger charge is -2.56. The number of amides is 2. The number of nitrogens with one attached hydrogen (secondary N) is 2. The summed E-state index contributed by atoms with van der Waals surface area (Å²) in [7, 11) is 0. The Balaban J connectivity index is 1.16. The number of aromatic nitrogens is 1. The van der Waals surface area contributed by atoms with Crippen LogP contribution >= 0.6 is 23.2 Å². The summed E-state index contributed by atoms with van der Waals surface area (Å²) in [5.41, 5.74) is -0.184. The Morgan fingerprint density at radius 3 is 2.42 bits per heavy atom. The van der Waals surface area contributed by atoms with Gasteiger partial charge in [-0.3, -0.25) is 9.59 Å². The van der Waals surface area contributed by atoms with Crippen LogP contribution in [0.15, 0.2) is 12.3 Å². The van der Waals surface area contributed by atoms with E-state index >= 15 is 0 Å². The van der Waals surface area contributed by atoms with Crippen molar-refractivity contribution in [2.75, 3.05) is 25.0 Å². The Bertz CT molecular complexity index is 842. The Hall–Kier alpha value is -1.53. The van der Waals surface area contributed by atoms with E-state index in [-0.39, 0.29) is 23.3 Å². The maximum Gasteiger partial charge on any atom is 0.242 e. The smallest absolute Gasteiger partial charge is 0.242 e. The molecule has 2 N–H and O–H groups in total. The van der Waals surface area contributed by atoms with E-state index in [4.69, 9.17) is 23.2 Å². The van der Waals surface area contributed by atoms with Crippen molar-refractivity contribution in [3.8, 4) is 0 Å². The molecule has 8 heteroatoms. The van der Waals surface area contributed by atoms with Crippen molar-refractivity contribution in [1.82, 2.24) is 15.2 Å². The molecule has 1 aromatic rings. The van der Waals surface area contributed by atoms with E-state index in [9.17, 15) is 9.59 Å². The van der Waals surface area contributed by atoms with Crippen molar-refractivity contribution in [3.63, 3.8) is 0 Å². The maximum absolute atomic E-state index is 13.7. The van der Waals surface area contributed by atoms with Gasteiger partial charge in [-0.15, -0.1) is 0 Å². The van der Waals surface area contributed by atoms with Gasteiger partial charge in [-0.1, -0.05) is 23.2 Å². The monoisotopic (exact) mass is 464 g/mol. The highest BCUT2D eigenvalue weighted by molar-refractivity contribution is 6.35. The van der Waals surface area contributed by atoms with Gasteiger partial charge in [0.25, 0.3) is 0 Å². The largest absolute Gasteiger partial charge is 0.367 e. The van der Waals surface area contributed by atoms with Crippen LogP contribution in [0.3, 0.4) is 0 Å². The Labute approximate surface area is 193 Å². The van der Waals surface area contributed by atoms with Gasteiger partial charge >= 0.3 is 0 Å². The van der Waals surface area contributed by atoms with Gasteiger partial charge in [-0.05, 0) is 75.2 Å². The molecule has 4 bridgehead atoms. The van der Waals surface area contributed by atoms with Crippen molar-refractivity contribution in [3.05, 3.63) is 22.3 Å². The third-order valence-electron chi connectivity index (χ3n) is 7.83.